The molecule has 0 radical (unpaired) electrons. The lowest BCUT2D eigenvalue weighted by atomic mass is 10.3. The standard InChI is InChI=1S/C9H9ClN4O/c1-5-8-9(12-7(10)2-11-8)14(13-5)6-3-15-4-6/h2,6H,3-4H2,1H3. The first-order valence-corrected chi connectivity index (χ1v) is 5.08. The first-order valence-electron chi connectivity index (χ1n) is 4.71. The largest absolute Gasteiger partial charge is 0.377 e. The van der Waals surface area contributed by atoms with Crippen LogP contribution in [-0.2, 0) is 4.74 Å². The number of aromatic nitrogens is 4. The van der Waals surface area contributed by atoms with Crippen LogP contribution in [-0.4, -0.2) is 33.0 Å². The van der Waals surface area contributed by atoms with Crippen LogP contribution in [0.3, 0.4) is 0 Å². The summed E-state index contributed by atoms with van der Waals surface area (Å²) in [7, 11) is 0. The normalized spacial score (nSPS) is 16.9. The van der Waals surface area contributed by atoms with E-state index in [0.29, 0.717) is 18.4 Å². The van der Waals surface area contributed by atoms with Gasteiger partial charge in [-0.2, -0.15) is 5.10 Å². The summed E-state index contributed by atoms with van der Waals surface area (Å²) in [6.45, 7) is 3.29. The maximum absolute atomic E-state index is 5.82. The van der Waals surface area contributed by atoms with Gasteiger partial charge in [-0.15, -0.1) is 0 Å². The van der Waals surface area contributed by atoms with E-state index in [0.717, 1.165) is 16.9 Å². The Morgan fingerprint density at radius 2 is 2.33 bits per heavy atom. The minimum atomic E-state index is 0.272. The van der Waals surface area contributed by atoms with Crippen LogP contribution in [0, 0.1) is 6.92 Å². The highest BCUT2D eigenvalue weighted by atomic mass is 35.5. The zero-order chi connectivity index (χ0) is 10.4. The molecule has 0 aromatic carbocycles. The molecular formula is C9H9ClN4O. The van der Waals surface area contributed by atoms with Crippen molar-refractivity contribution in [2.24, 2.45) is 0 Å². The van der Waals surface area contributed by atoms with Crippen LogP contribution in [0.2, 0.25) is 5.15 Å². The molecule has 1 aliphatic rings. The summed E-state index contributed by atoms with van der Waals surface area (Å²) in [5, 5.41) is 4.80. The molecule has 3 heterocycles. The van der Waals surface area contributed by atoms with Crippen molar-refractivity contribution >= 4 is 22.8 Å². The van der Waals surface area contributed by atoms with Crippen molar-refractivity contribution in [1.29, 1.82) is 0 Å². The number of hydrogen-bond donors (Lipinski definition) is 0. The molecule has 0 bridgehead atoms. The average molecular weight is 225 g/mol. The Labute approximate surface area is 91.0 Å². The number of ether oxygens (including phenoxy) is 1. The highest BCUT2D eigenvalue weighted by molar-refractivity contribution is 6.29. The molecule has 0 N–H and O–H groups in total. The van der Waals surface area contributed by atoms with E-state index >= 15 is 0 Å². The van der Waals surface area contributed by atoms with Gasteiger partial charge in [-0.25, -0.2) is 14.6 Å². The summed E-state index contributed by atoms with van der Waals surface area (Å²) in [6, 6.07) is 0.272. The van der Waals surface area contributed by atoms with Crippen molar-refractivity contribution in [3.8, 4) is 0 Å². The third-order valence-electron chi connectivity index (χ3n) is 2.51. The van der Waals surface area contributed by atoms with Gasteiger partial charge < -0.3 is 4.74 Å². The summed E-state index contributed by atoms with van der Waals surface area (Å²) in [6.07, 6.45) is 1.54. The second kappa shape index (κ2) is 3.15. The van der Waals surface area contributed by atoms with Gasteiger partial charge in [-0.3, -0.25) is 0 Å². The molecule has 0 saturated carbocycles. The number of rotatable bonds is 1. The summed E-state index contributed by atoms with van der Waals surface area (Å²) < 4.78 is 6.99. The molecule has 1 fully saturated rings. The molecule has 15 heavy (non-hydrogen) atoms. The van der Waals surface area contributed by atoms with Gasteiger partial charge in [0.2, 0.25) is 0 Å². The molecule has 0 unspecified atom stereocenters. The minimum Gasteiger partial charge on any atom is -0.377 e. The van der Waals surface area contributed by atoms with Crippen molar-refractivity contribution in [2.45, 2.75) is 13.0 Å². The predicted octanol–water partition coefficient (Wildman–Crippen LogP) is 1.36. The Kier molecular flexibility index (Phi) is 1.90. The van der Waals surface area contributed by atoms with E-state index in [1.165, 1.54) is 0 Å². The van der Waals surface area contributed by atoms with Crippen LogP contribution < -0.4 is 0 Å². The maximum atomic E-state index is 5.82. The van der Waals surface area contributed by atoms with Crippen molar-refractivity contribution in [3.63, 3.8) is 0 Å². The average Bonchev–Trinajstić information content (AvgIpc) is 2.41. The van der Waals surface area contributed by atoms with Crippen molar-refractivity contribution in [3.05, 3.63) is 17.0 Å². The number of nitrogens with zero attached hydrogens (tertiary/aromatic N) is 4. The van der Waals surface area contributed by atoms with E-state index in [9.17, 15) is 0 Å². The molecule has 78 valence electrons. The number of halogens is 1. The molecule has 1 aliphatic heterocycles. The van der Waals surface area contributed by atoms with Crippen molar-refractivity contribution in [1.82, 2.24) is 19.7 Å². The minimum absolute atomic E-state index is 0.272. The first-order chi connectivity index (χ1) is 7.25. The smallest absolute Gasteiger partial charge is 0.178 e. The summed E-state index contributed by atoms with van der Waals surface area (Å²) in [5.41, 5.74) is 2.43. The number of fused-ring (bicyclic) bond motifs is 1. The van der Waals surface area contributed by atoms with Gasteiger partial charge in [0.1, 0.15) is 16.7 Å². The molecular weight excluding hydrogens is 216 g/mol. The Morgan fingerprint density at radius 1 is 1.53 bits per heavy atom. The fraction of sp³-hybridized carbons (Fsp3) is 0.444. The fourth-order valence-corrected chi connectivity index (χ4v) is 1.78. The fourth-order valence-electron chi connectivity index (χ4n) is 1.65. The molecule has 2 aromatic rings. The van der Waals surface area contributed by atoms with E-state index < -0.39 is 0 Å². The van der Waals surface area contributed by atoms with Gasteiger partial charge in [0.15, 0.2) is 5.65 Å². The molecule has 0 aliphatic carbocycles. The van der Waals surface area contributed by atoms with E-state index in [1.54, 1.807) is 6.20 Å². The van der Waals surface area contributed by atoms with Gasteiger partial charge in [-0.05, 0) is 6.92 Å². The lowest BCUT2D eigenvalue weighted by molar-refractivity contribution is -0.0270. The van der Waals surface area contributed by atoms with Crippen molar-refractivity contribution < 1.29 is 4.74 Å². The predicted molar refractivity (Wildman–Crippen MR) is 54.9 cm³/mol. The molecule has 0 atom stereocenters. The highest BCUT2D eigenvalue weighted by Gasteiger charge is 2.25. The molecule has 2 aromatic heterocycles. The van der Waals surface area contributed by atoms with E-state index in [2.05, 4.69) is 15.1 Å². The van der Waals surface area contributed by atoms with Crippen LogP contribution in [0.25, 0.3) is 11.2 Å². The lowest BCUT2D eigenvalue weighted by Crippen LogP contribution is -2.31. The van der Waals surface area contributed by atoms with E-state index in [-0.39, 0.29) is 6.04 Å². The number of aryl methyl sites for hydroxylation is 1. The van der Waals surface area contributed by atoms with Gasteiger partial charge in [0.05, 0.1) is 25.1 Å². The van der Waals surface area contributed by atoms with Gasteiger partial charge >= 0.3 is 0 Å². The third-order valence-corrected chi connectivity index (χ3v) is 2.69. The van der Waals surface area contributed by atoms with Crippen LogP contribution in [0.5, 0.6) is 0 Å². The highest BCUT2D eigenvalue weighted by Crippen LogP contribution is 2.23. The first kappa shape index (κ1) is 9.06. The quantitative estimate of drug-likeness (QED) is 0.734. The van der Waals surface area contributed by atoms with Crippen LogP contribution in [0.4, 0.5) is 0 Å². The monoisotopic (exact) mass is 224 g/mol. The van der Waals surface area contributed by atoms with E-state index in [4.69, 9.17) is 16.3 Å². The molecule has 5 nitrogen and oxygen atoms in total. The summed E-state index contributed by atoms with van der Waals surface area (Å²) >= 11 is 5.82. The summed E-state index contributed by atoms with van der Waals surface area (Å²) in [4.78, 5) is 8.47. The number of hydrogen-bond acceptors (Lipinski definition) is 4. The lowest BCUT2D eigenvalue weighted by Gasteiger charge is -2.26. The Balaban J connectivity index is 2.24. The second-order valence-electron chi connectivity index (χ2n) is 3.59. The molecule has 6 heteroatoms. The third kappa shape index (κ3) is 1.31. The van der Waals surface area contributed by atoms with Crippen molar-refractivity contribution in [2.75, 3.05) is 13.2 Å². The Hall–Kier alpha value is -1.20. The topological polar surface area (TPSA) is 52.8 Å². The van der Waals surface area contributed by atoms with E-state index in [1.807, 2.05) is 11.6 Å². The molecule has 1 saturated heterocycles. The Bertz CT molecular complexity index is 520. The summed E-state index contributed by atoms with van der Waals surface area (Å²) in [5.74, 6) is 0. The zero-order valence-corrected chi connectivity index (χ0v) is 8.90. The van der Waals surface area contributed by atoms with Crippen LogP contribution in [0.15, 0.2) is 6.20 Å². The zero-order valence-electron chi connectivity index (χ0n) is 8.14. The maximum Gasteiger partial charge on any atom is 0.178 e. The SMILES string of the molecule is Cc1nn(C2COC2)c2nc(Cl)cnc12. The van der Waals surface area contributed by atoms with Gasteiger partial charge in [0.25, 0.3) is 0 Å². The van der Waals surface area contributed by atoms with Crippen LogP contribution >= 0.6 is 11.6 Å². The van der Waals surface area contributed by atoms with Crippen LogP contribution in [0.1, 0.15) is 11.7 Å². The molecule has 0 amide bonds. The molecule has 3 rings (SSSR count). The Morgan fingerprint density at radius 3 is 3.00 bits per heavy atom. The second-order valence-corrected chi connectivity index (χ2v) is 3.97. The van der Waals surface area contributed by atoms with Gasteiger partial charge in [0, 0.05) is 0 Å². The molecule has 0 spiro atoms. The van der Waals surface area contributed by atoms with Gasteiger partial charge in [-0.1, -0.05) is 11.6 Å².